The Morgan fingerprint density at radius 3 is 2.51 bits per heavy atom. The molecule has 0 spiro atoms. The highest BCUT2D eigenvalue weighted by Gasteiger charge is 2.15. The van der Waals surface area contributed by atoms with E-state index in [2.05, 4.69) is 39.9 Å². The molecule has 1 fully saturated rings. The van der Waals surface area contributed by atoms with Crippen molar-refractivity contribution >= 4 is 29.0 Å². The van der Waals surface area contributed by atoms with E-state index in [-0.39, 0.29) is 6.54 Å². The van der Waals surface area contributed by atoms with Crippen molar-refractivity contribution in [2.45, 2.75) is 19.3 Å². The van der Waals surface area contributed by atoms with E-state index in [9.17, 15) is 9.59 Å². The molecule has 0 radical (unpaired) electrons. The zero-order valence-electron chi connectivity index (χ0n) is 23.2. The monoisotopic (exact) mass is 528 g/mol. The number of likely N-dealkylation sites (tertiary alicyclic amines) is 1. The second-order valence-corrected chi connectivity index (χ2v) is 9.36. The van der Waals surface area contributed by atoms with Gasteiger partial charge in [-0.3, -0.25) is 9.59 Å². The Labute approximate surface area is 231 Å². The van der Waals surface area contributed by atoms with Gasteiger partial charge in [-0.2, -0.15) is 5.26 Å². The lowest BCUT2D eigenvalue weighted by Gasteiger charge is -2.28. The summed E-state index contributed by atoms with van der Waals surface area (Å²) in [6.45, 7) is 7.69. The van der Waals surface area contributed by atoms with E-state index in [1.807, 2.05) is 43.4 Å². The molecular weight excluding hydrogens is 488 g/mol. The Hall–Kier alpha value is -3.90. The van der Waals surface area contributed by atoms with Gasteiger partial charge in [0.2, 0.25) is 0 Å². The molecule has 1 aliphatic heterocycles. The Kier molecular flexibility index (Phi) is 13.5. The molecule has 4 rings (SSSR count). The summed E-state index contributed by atoms with van der Waals surface area (Å²) in [5, 5.41) is 17.0. The molecule has 2 heterocycles. The van der Waals surface area contributed by atoms with Crippen LogP contribution in [0.15, 0.2) is 60.7 Å². The summed E-state index contributed by atoms with van der Waals surface area (Å²) in [6.07, 6.45) is 5.64. The minimum Gasteiger partial charge on any atom is -0.379 e. The lowest BCUT2D eigenvalue weighted by Crippen LogP contribution is -2.31. The fourth-order valence-electron chi connectivity index (χ4n) is 4.40. The number of benzene rings is 2. The van der Waals surface area contributed by atoms with Gasteiger partial charge in [0.15, 0.2) is 12.6 Å². The summed E-state index contributed by atoms with van der Waals surface area (Å²) in [4.78, 5) is 29.2. The number of aldehydes is 2. The molecule has 0 amide bonds. The smallest absolute Gasteiger partial charge is 0.168 e. The second kappa shape index (κ2) is 16.8. The summed E-state index contributed by atoms with van der Waals surface area (Å²) in [5.41, 5.74) is 7.85. The van der Waals surface area contributed by atoms with Gasteiger partial charge in [-0.1, -0.05) is 30.8 Å². The largest absolute Gasteiger partial charge is 0.379 e. The third-order valence-electron chi connectivity index (χ3n) is 6.65. The van der Waals surface area contributed by atoms with Gasteiger partial charge in [0.1, 0.15) is 5.69 Å². The molecule has 1 aromatic heterocycles. The topological polar surface area (TPSA) is 124 Å². The zero-order chi connectivity index (χ0) is 28.6. The number of piperidine rings is 1. The molecule has 8 nitrogen and oxygen atoms in total. The highest BCUT2D eigenvalue weighted by atomic mass is 16.1. The van der Waals surface area contributed by atoms with Crippen LogP contribution in [0, 0.1) is 17.2 Å². The number of nitrogens with zero attached hydrogens (tertiary/aromatic N) is 3. The van der Waals surface area contributed by atoms with Crippen LogP contribution in [0.4, 0.5) is 5.69 Å². The molecule has 2 aromatic carbocycles. The van der Waals surface area contributed by atoms with Crippen LogP contribution in [0.3, 0.4) is 0 Å². The summed E-state index contributed by atoms with van der Waals surface area (Å²) < 4.78 is 0. The van der Waals surface area contributed by atoms with E-state index in [1.165, 1.54) is 45.9 Å². The van der Waals surface area contributed by atoms with E-state index in [4.69, 9.17) is 5.26 Å². The van der Waals surface area contributed by atoms with Gasteiger partial charge in [-0.25, -0.2) is 4.98 Å². The molecular formula is C31H40N6O2. The number of nitriles is 1. The number of aromatic nitrogens is 1. The number of carbonyl (C=O) groups is 2. The van der Waals surface area contributed by atoms with Crippen molar-refractivity contribution in [3.05, 3.63) is 71.9 Å². The first-order valence-corrected chi connectivity index (χ1v) is 13.2. The Bertz CT molecular complexity index is 1270. The number of nitrogens with two attached hydrogens (primary N) is 1. The summed E-state index contributed by atoms with van der Waals surface area (Å²) in [5.74, 6) is 0.985. The van der Waals surface area contributed by atoms with Crippen LogP contribution in [0.1, 0.15) is 40.1 Å². The fourth-order valence-corrected chi connectivity index (χ4v) is 4.40. The molecule has 0 atom stereocenters. The number of carbonyl (C=O) groups excluding carboxylic acids is 2. The van der Waals surface area contributed by atoms with Crippen LogP contribution in [0.2, 0.25) is 0 Å². The molecule has 1 aliphatic rings. The maximum atomic E-state index is 11.4. The fraction of sp³-hybridized carbons (Fsp3) is 0.355. The van der Waals surface area contributed by atoms with Gasteiger partial charge in [-0.05, 0) is 95.6 Å². The van der Waals surface area contributed by atoms with Crippen LogP contribution in [0.5, 0.6) is 0 Å². The highest BCUT2D eigenvalue weighted by Crippen LogP contribution is 2.31. The van der Waals surface area contributed by atoms with Crippen LogP contribution in [-0.4, -0.2) is 69.8 Å². The van der Waals surface area contributed by atoms with Gasteiger partial charge in [0.25, 0.3) is 0 Å². The number of pyridine rings is 1. The number of anilines is 1. The average molecular weight is 529 g/mol. The van der Waals surface area contributed by atoms with Crippen molar-refractivity contribution in [1.29, 1.82) is 5.26 Å². The van der Waals surface area contributed by atoms with Crippen molar-refractivity contribution in [2.24, 2.45) is 11.7 Å². The standard InChI is InChI=1S/C21H15N3O2.C9H20N2.CH5N/c1-14(10-22)11-23-21-17(12-25)8-6-15-5-7-16(9-19(15)21)20-4-2-3-18(13-26)24-20;1-10-6-3-9-4-7-11(2)8-5-9;1-2/h2-9,12-13,23H,1,11H2;9-10H,3-8H2,1-2H3;2H2,1H3. The molecule has 3 aromatic rings. The zero-order valence-corrected chi connectivity index (χ0v) is 23.2. The number of hydrogen-bond acceptors (Lipinski definition) is 8. The van der Waals surface area contributed by atoms with E-state index in [0.717, 1.165) is 28.5 Å². The molecule has 0 saturated carbocycles. The molecule has 0 unspecified atom stereocenters. The quantitative estimate of drug-likeness (QED) is 0.273. The van der Waals surface area contributed by atoms with Gasteiger partial charge >= 0.3 is 0 Å². The van der Waals surface area contributed by atoms with Gasteiger partial charge < -0.3 is 21.3 Å². The SMILES string of the molecule is C=C(C#N)CNc1c(C=O)ccc2ccc(-c3cccc(C=O)n3)cc12.CN.CNCCC1CCN(C)CC1. The minimum absolute atomic E-state index is 0.250. The number of hydrogen-bond donors (Lipinski definition) is 3. The molecule has 0 aliphatic carbocycles. The number of fused-ring (bicyclic) bond motifs is 1. The molecule has 8 heteroatoms. The first kappa shape index (κ1) is 31.3. The first-order valence-electron chi connectivity index (χ1n) is 13.2. The van der Waals surface area contributed by atoms with Crippen molar-refractivity contribution < 1.29 is 9.59 Å². The Balaban J connectivity index is 0.000000343. The molecule has 39 heavy (non-hydrogen) atoms. The maximum absolute atomic E-state index is 11.4. The maximum Gasteiger partial charge on any atom is 0.168 e. The lowest BCUT2D eigenvalue weighted by atomic mass is 9.94. The third kappa shape index (κ3) is 9.41. The number of nitrogens with one attached hydrogen (secondary N) is 2. The average Bonchev–Trinajstić information content (AvgIpc) is 3.00. The molecule has 0 bridgehead atoms. The van der Waals surface area contributed by atoms with Crippen molar-refractivity contribution in [3.63, 3.8) is 0 Å². The van der Waals surface area contributed by atoms with Gasteiger partial charge in [-0.15, -0.1) is 0 Å². The third-order valence-corrected chi connectivity index (χ3v) is 6.65. The van der Waals surface area contributed by atoms with E-state index in [1.54, 1.807) is 18.2 Å². The predicted molar refractivity (Wildman–Crippen MR) is 160 cm³/mol. The van der Waals surface area contributed by atoms with Crippen LogP contribution >= 0.6 is 0 Å². The molecule has 1 saturated heterocycles. The molecule has 4 N–H and O–H groups in total. The summed E-state index contributed by atoms with van der Waals surface area (Å²) in [7, 11) is 5.75. The summed E-state index contributed by atoms with van der Waals surface area (Å²) in [6, 6.07) is 16.6. The Morgan fingerprint density at radius 1 is 1.15 bits per heavy atom. The van der Waals surface area contributed by atoms with E-state index < -0.39 is 0 Å². The lowest BCUT2D eigenvalue weighted by molar-refractivity contribution is 0.111. The predicted octanol–water partition coefficient (Wildman–Crippen LogP) is 4.53. The van der Waals surface area contributed by atoms with E-state index >= 15 is 0 Å². The van der Waals surface area contributed by atoms with Crippen LogP contribution in [0.25, 0.3) is 22.0 Å². The minimum atomic E-state index is 0.250. The van der Waals surface area contributed by atoms with Crippen molar-refractivity contribution in [1.82, 2.24) is 15.2 Å². The second-order valence-electron chi connectivity index (χ2n) is 9.36. The van der Waals surface area contributed by atoms with Crippen molar-refractivity contribution in [3.8, 4) is 17.3 Å². The van der Waals surface area contributed by atoms with Gasteiger partial charge in [0.05, 0.1) is 17.5 Å². The summed E-state index contributed by atoms with van der Waals surface area (Å²) >= 11 is 0. The normalized spacial score (nSPS) is 13.2. The Morgan fingerprint density at radius 2 is 1.87 bits per heavy atom. The van der Waals surface area contributed by atoms with E-state index in [0.29, 0.717) is 34.5 Å². The number of rotatable bonds is 9. The van der Waals surface area contributed by atoms with Crippen LogP contribution in [-0.2, 0) is 0 Å². The van der Waals surface area contributed by atoms with Crippen molar-refractivity contribution in [2.75, 3.05) is 52.6 Å². The first-order chi connectivity index (χ1) is 19.0. The molecule has 206 valence electrons. The van der Waals surface area contributed by atoms with Crippen LogP contribution < -0.4 is 16.4 Å². The highest BCUT2D eigenvalue weighted by molar-refractivity contribution is 6.03. The van der Waals surface area contributed by atoms with Gasteiger partial charge in [0, 0.05) is 28.6 Å².